The number of nitrogens with two attached hydrogens (primary N) is 1. The van der Waals surface area contributed by atoms with E-state index in [0.717, 1.165) is 19.5 Å². The summed E-state index contributed by atoms with van der Waals surface area (Å²) in [5, 5.41) is 8.98. The minimum atomic E-state index is -0.193. The molecule has 2 atom stereocenters. The Morgan fingerprint density at radius 2 is 2.25 bits per heavy atom. The van der Waals surface area contributed by atoms with Gasteiger partial charge >= 0.3 is 0 Å². The summed E-state index contributed by atoms with van der Waals surface area (Å²) in [4.78, 5) is 2.47. The van der Waals surface area contributed by atoms with E-state index in [0.29, 0.717) is 12.0 Å². The number of hydrogen-bond donors (Lipinski definition) is 1. The standard InChI is InChI=1S/C13H25N3/c1-11(15)12-5-4-7-16(9-12)8-6-13(2,3)10-14/h11-12H,4-9,15H2,1-3H3. The van der Waals surface area contributed by atoms with Crippen LogP contribution in [-0.4, -0.2) is 30.6 Å². The molecule has 2 unspecified atom stereocenters. The van der Waals surface area contributed by atoms with E-state index in [1.807, 2.05) is 13.8 Å². The van der Waals surface area contributed by atoms with Crippen LogP contribution in [0.1, 0.15) is 40.0 Å². The van der Waals surface area contributed by atoms with Crippen LogP contribution in [0.2, 0.25) is 0 Å². The van der Waals surface area contributed by atoms with Crippen molar-refractivity contribution in [2.45, 2.75) is 46.1 Å². The van der Waals surface area contributed by atoms with E-state index < -0.39 is 0 Å². The van der Waals surface area contributed by atoms with Gasteiger partial charge in [-0.05, 0) is 59.0 Å². The topological polar surface area (TPSA) is 53.0 Å². The maximum absolute atomic E-state index is 8.98. The predicted octanol–water partition coefficient (Wildman–Crippen LogP) is 1.99. The van der Waals surface area contributed by atoms with Crippen molar-refractivity contribution >= 4 is 0 Å². The van der Waals surface area contributed by atoms with Crippen LogP contribution in [0, 0.1) is 22.7 Å². The summed E-state index contributed by atoms with van der Waals surface area (Å²) >= 11 is 0. The molecule has 2 N–H and O–H groups in total. The summed E-state index contributed by atoms with van der Waals surface area (Å²) in [6, 6.07) is 2.66. The number of nitrogens with zero attached hydrogens (tertiary/aromatic N) is 2. The summed E-state index contributed by atoms with van der Waals surface area (Å²) < 4.78 is 0. The molecule has 0 aliphatic carbocycles. The van der Waals surface area contributed by atoms with Crippen LogP contribution in [0.4, 0.5) is 0 Å². The van der Waals surface area contributed by atoms with Gasteiger partial charge < -0.3 is 10.6 Å². The van der Waals surface area contributed by atoms with E-state index >= 15 is 0 Å². The second-order valence-electron chi connectivity index (χ2n) is 5.81. The lowest BCUT2D eigenvalue weighted by atomic mass is 9.89. The number of likely N-dealkylation sites (tertiary alicyclic amines) is 1. The van der Waals surface area contributed by atoms with Crippen molar-refractivity contribution in [3.8, 4) is 6.07 Å². The van der Waals surface area contributed by atoms with Gasteiger partial charge in [0.25, 0.3) is 0 Å². The van der Waals surface area contributed by atoms with Crippen LogP contribution >= 0.6 is 0 Å². The van der Waals surface area contributed by atoms with E-state index in [4.69, 9.17) is 11.0 Å². The van der Waals surface area contributed by atoms with Crippen molar-refractivity contribution in [1.82, 2.24) is 4.90 Å². The second kappa shape index (κ2) is 5.65. The van der Waals surface area contributed by atoms with E-state index in [1.165, 1.54) is 19.4 Å². The van der Waals surface area contributed by atoms with Crippen LogP contribution in [-0.2, 0) is 0 Å². The lowest BCUT2D eigenvalue weighted by Crippen LogP contribution is -2.43. The molecule has 1 saturated heterocycles. The molecule has 0 aromatic heterocycles. The van der Waals surface area contributed by atoms with Gasteiger partial charge in [0.15, 0.2) is 0 Å². The summed E-state index contributed by atoms with van der Waals surface area (Å²) in [5.41, 5.74) is 5.77. The maximum atomic E-state index is 8.98. The molecule has 0 spiro atoms. The zero-order valence-corrected chi connectivity index (χ0v) is 10.9. The highest BCUT2D eigenvalue weighted by atomic mass is 15.1. The highest BCUT2D eigenvalue weighted by Gasteiger charge is 2.24. The molecule has 1 aliphatic heterocycles. The Balaban J connectivity index is 2.36. The number of rotatable bonds is 4. The maximum Gasteiger partial charge on any atom is 0.0684 e. The van der Waals surface area contributed by atoms with Crippen molar-refractivity contribution in [2.24, 2.45) is 17.1 Å². The van der Waals surface area contributed by atoms with Crippen molar-refractivity contribution in [1.29, 1.82) is 5.26 Å². The third kappa shape index (κ3) is 4.11. The Hall–Kier alpha value is -0.590. The van der Waals surface area contributed by atoms with Crippen LogP contribution in [0.3, 0.4) is 0 Å². The Bertz CT molecular complexity index is 252. The van der Waals surface area contributed by atoms with E-state index in [-0.39, 0.29) is 5.41 Å². The highest BCUT2D eigenvalue weighted by Crippen LogP contribution is 2.23. The fraction of sp³-hybridized carbons (Fsp3) is 0.923. The largest absolute Gasteiger partial charge is 0.328 e. The molecule has 3 heteroatoms. The lowest BCUT2D eigenvalue weighted by molar-refractivity contribution is 0.149. The summed E-state index contributed by atoms with van der Waals surface area (Å²) in [5.74, 6) is 0.638. The van der Waals surface area contributed by atoms with Gasteiger partial charge in [-0.3, -0.25) is 0 Å². The van der Waals surface area contributed by atoms with E-state index in [1.54, 1.807) is 0 Å². The van der Waals surface area contributed by atoms with E-state index in [2.05, 4.69) is 17.9 Å². The smallest absolute Gasteiger partial charge is 0.0684 e. The molecule has 0 amide bonds. The summed E-state index contributed by atoms with van der Waals surface area (Å²) in [6.07, 6.45) is 3.46. The summed E-state index contributed by atoms with van der Waals surface area (Å²) in [7, 11) is 0. The first-order valence-corrected chi connectivity index (χ1v) is 6.34. The number of hydrogen-bond acceptors (Lipinski definition) is 3. The van der Waals surface area contributed by atoms with Gasteiger partial charge in [0.1, 0.15) is 0 Å². The fourth-order valence-electron chi connectivity index (χ4n) is 2.22. The molecule has 1 fully saturated rings. The Morgan fingerprint density at radius 3 is 2.81 bits per heavy atom. The van der Waals surface area contributed by atoms with Crippen molar-refractivity contribution < 1.29 is 0 Å². The number of nitriles is 1. The quantitative estimate of drug-likeness (QED) is 0.793. The first-order valence-electron chi connectivity index (χ1n) is 6.34. The molecule has 1 rings (SSSR count). The van der Waals surface area contributed by atoms with Gasteiger partial charge in [0.05, 0.1) is 11.5 Å². The first-order chi connectivity index (χ1) is 7.44. The first kappa shape index (κ1) is 13.5. The third-order valence-electron chi connectivity index (χ3n) is 3.64. The minimum absolute atomic E-state index is 0.193. The molecule has 16 heavy (non-hydrogen) atoms. The van der Waals surface area contributed by atoms with Crippen molar-refractivity contribution in [2.75, 3.05) is 19.6 Å². The lowest BCUT2D eigenvalue weighted by Gasteiger charge is -2.35. The monoisotopic (exact) mass is 223 g/mol. The van der Waals surface area contributed by atoms with Crippen LogP contribution < -0.4 is 5.73 Å². The van der Waals surface area contributed by atoms with Crippen LogP contribution in [0.25, 0.3) is 0 Å². The van der Waals surface area contributed by atoms with Crippen LogP contribution in [0.15, 0.2) is 0 Å². The third-order valence-corrected chi connectivity index (χ3v) is 3.64. The molecule has 0 bridgehead atoms. The molecule has 0 radical (unpaired) electrons. The zero-order chi connectivity index (χ0) is 12.2. The Labute approximate surface area is 99.6 Å². The molecule has 0 aromatic carbocycles. The van der Waals surface area contributed by atoms with Gasteiger partial charge in [-0.25, -0.2) is 0 Å². The van der Waals surface area contributed by atoms with Crippen molar-refractivity contribution in [3.63, 3.8) is 0 Å². The number of piperidine rings is 1. The summed E-state index contributed by atoms with van der Waals surface area (Å²) in [6.45, 7) is 9.45. The van der Waals surface area contributed by atoms with Gasteiger partial charge in [0.2, 0.25) is 0 Å². The Morgan fingerprint density at radius 1 is 1.56 bits per heavy atom. The molecular formula is C13H25N3. The van der Waals surface area contributed by atoms with Crippen LogP contribution in [0.5, 0.6) is 0 Å². The zero-order valence-electron chi connectivity index (χ0n) is 10.9. The molecule has 0 saturated carbocycles. The van der Waals surface area contributed by atoms with Gasteiger partial charge in [0, 0.05) is 12.6 Å². The average Bonchev–Trinajstić information content (AvgIpc) is 2.27. The molecule has 3 nitrogen and oxygen atoms in total. The predicted molar refractivity (Wildman–Crippen MR) is 66.8 cm³/mol. The minimum Gasteiger partial charge on any atom is -0.328 e. The van der Waals surface area contributed by atoms with Gasteiger partial charge in [-0.2, -0.15) is 5.26 Å². The highest BCUT2D eigenvalue weighted by molar-refractivity contribution is 4.92. The van der Waals surface area contributed by atoms with Crippen molar-refractivity contribution in [3.05, 3.63) is 0 Å². The van der Waals surface area contributed by atoms with E-state index in [9.17, 15) is 0 Å². The molecule has 0 aromatic rings. The fourth-order valence-corrected chi connectivity index (χ4v) is 2.22. The second-order valence-corrected chi connectivity index (χ2v) is 5.81. The SMILES string of the molecule is CC(N)C1CCCN(CCC(C)(C)C#N)C1. The molecule has 1 aliphatic rings. The van der Waals surface area contributed by atoms with Gasteiger partial charge in [-0.1, -0.05) is 0 Å². The molecule has 1 heterocycles. The Kier molecular flexibility index (Phi) is 4.76. The molecule has 92 valence electrons. The molecular weight excluding hydrogens is 198 g/mol. The van der Waals surface area contributed by atoms with Gasteiger partial charge in [-0.15, -0.1) is 0 Å². The normalized spacial score (nSPS) is 25.1. The average molecular weight is 223 g/mol.